The van der Waals surface area contributed by atoms with Crippen LogP contribution in [0.2, 0.25) is 0 Å². The van der Waals surface area contributed by atoms with E-state index >= 15 is 0 Å². The molecule has 33 heavy (non-hydrogen) atoms. The number of aliphatic hydroxyl groups is 2. The SMILES string of the molecule is CSc1ncc(C(O)C(O)CCNC(=O)OCC2c3ccccc3-c3ccccc32)c(=O)[nH]1. The molecule has 0 saturated heterocycles. The van der Waals surface area contributed by atoms with Crippen LogP contribution < -0.4 is 10.9 Å². The summed E-state index contributed by atoms with van der Waals surface area (Å²) in [5, 5.41) is 23.5. The Bertz CT molecular complexity index is 1150. The van der Waals surface area contributed by atoms with Crippen LogP contribution in [0.3, 0.4) is 0 Å². The van der Waals surface area contributed by atoms with Gasteiger partial charge in [0.2, 0.25) is 0 Å². The summed E-state index contributed by atoms with van der Waals surface area (Å²) in [5.41, 5.74) is 4.00. The molecule has 0 aliphatic heterocycles. The maximum atomic E-state index is 12.2. The Morgan fingerprint density at radius 2 is 1.79 bits per heavy atom. The second-order valence-electron chi connectivity index (χ2n) is 7.73. The molecule has 0 bridgehead atoms. The summed E-state index contributed by atoms with van der Waals surface area (Å²) >= 11 is 1.26. The fraction of sp³-hybridized carbons (Fsp3) is 0.292. The number of aromatic nitrogens is 2. The molecule has 0 saturated carbocycles. The summed E-state index contributed by atoms with van der Waals surface area (Å²) in [6.45, 7) is 0.261. The molecule has 1 heterocycles. The van der Waals surface area contributed by atoms with Crippen LogP contribution in [0.25, 0.3) is 11.1 Å². The standard InChI is InChI=1S/C24H25N3O5S/c1-33-23-26-12-18(22(30)27-23)21(29)20(28)10-11-25-24(31)32-13-19-16-8-4-2-6-14(16)15-7-3-5-9-17(15)19/h2-9,12,19-21,28-29H,10-11,13H2,1H3,(H,25,31)(H,26,27,30). The largest absolute Gasteiger partial charge is 0.449 e. The lowest BCUT2D eigenvalue weighted by Gasteiger charge is -2.18. The molecule has 2 unspecified atom stereocenters. The molecule has 1 amide bonds. The van der Waals surface area contributed by atoms with Crippen LogP contribution in [0.5, 0.6) is 0 Å². The Balaban J connectivity index is 1.29. The van der Waals surface area contributed by atoms with Crippen molar-refractivity contribution in [1.82, 2.24) is 15.3 Å². The fourth-order valence-corrected chi connectivity index (χ4v) is 4.39. The zero-order chi connectivity index (χ0) is 23.4. The van der Waals surface area contributed by atoms with Crippen LogP contribution in [-0.2, 0) is 4.74 Å². The van der Waals surface area contributed by atoms with Crippen LogP contribution in [0.1, 0.15) is 35.1 Å². The Hall–Kier alpha value is -3.14. The summed E-state index contributed by atoms with van der Waals surface area (Å²) < 4.78 is 5.45. The van der Waals surface area contributed by atoms with Crippen molar-refractivity contribution in [3.05, 3.63) is 81.8 Å². The van der Waals surface area contributed by atoms with Crippen molar-refractivity contribution in [1.29, 1.82) is 0 Å². The lowest BCUT2D eigenvalue weighted by molar-refractivity contribution is 0.0125. The first kappa shape index (κ1) is 23.0. The van der Waals surface area contributed by atoms with E-state index in [4.69, 9.17) is 4.74 Å². The van der Waals surface area contributed by atoms with Gasteiger partial charge in [-0.25, -0.2) is 9.78 Å². The van der Waals surface area contributed by atoms with Gasteiger partial charge >= 0.3 is 6.09 Å². The Labute approximate surface area is 195 Å². The number of benzene rings is 2. The third kappa shape index (κ3) is 4.95. The van der Waals surface area contributed by atoms with Gasteiger partial charge in [-0.05, 0) is 34.9 Å². The molecule has 172 valence electrons. The highest BCUT2D eigenvalue weighted by atomic mass is 32.2. The van der Waals surface area contributed by atoms with E-state index in [0.29, 0.717) is 5.16 Å². The number of nitrogens with one attached hydrogen (secondary N) is 2. The lowest BCUT2D eigenvalue weighted by atomic mass is 9.98. The van der Waals surface area contributed by atoms with Crippen molar-refractivity contribution in [2.45, 2.75) is 29.7 Å². The predicted octanol–water partition coefficient (Wildman–Crippen LogP) is 2.81. The normalized spacial score (nSPS) is 14.3. The van der Waals surface area contributed by atoms with E-state index in [0.717, 1.165) is 22.3 Å². The quantitative estimate of drug-likeness (QED) is 0.297. The summed E-state index contributed by atoms with van der Waals surface area (Å²) in [5.74, 6) is -0.0426. The highest BCUT2D eigenvalue weighted by Crippen LogP contribution is 2.44. The smallest absolute Gasteiger partial charge is 0.407 e. The van der Waals surface area contributed by atoms with Gasteiger partial charge in [0.1, 0.15) is 12.7 Å². The highest BCUT2D eigenvalue weighted by Gasteiger charge is 2.29. The van der Waals surface area contributed by atoms with Gasteiger partial charge in [-0.15, -0.1) is 0 Å². The number of amides is 1. The van der Waals surface area contributed by atoms with Gasteiger partial charge in [0.05, 0.1) is 11.7 Å². The van der Waals surface area contributed by atoms with Crippen molar-refractivity contribution in [2.24, 2.45) is 0 Å². The molecule has 1 aliphatic carbocycles. The topological polar surface area (TPSA) is 125 Å². The van der Waals surface area contributed by atoms with Crippen LogP contribution in [0, 0.1) is 0 Å². The molecular weight excluding hydrogens is 442 g/mol. The minimum absolute atomic E-state index is 0.0264. The molecule has 0 radical (unpaired) electrons. The molecule has 8 nitrogen and oxygen atoms in total. The first-order chi connectivity index (χ1) is 16.0. The molecule has 9 heteroatoms. The summed E-state index contributed by atoms with van der Waals surface area (Å²) in [6, 6.07) is 16.1. The van der Waals surface area contributed by atoms with Crippen molar-refractivity contribution in [3.63, 3.8) is 0 Å². The van der Waals surface area contributed by atoms with E-state index in [1.165, 1.54) is 18.0 Å². The molecule has 0 fully saturated rings. The number of rotatable bonds is 8. The molecule has 4 N–H and O–H groups in total. The summed E-state index contributed by atoms with van der Waals surface area (Å²) in [4.78, 5) is 30.8. The van der Waals surface area contributed by atoms with Crippen molar-refractivity contribution < 1.29 is 19.7 Å². The van der Waals surface area contributed by atoms with E-state index in [-0.39, 0.29) is 31.1 Å². The van der Waals surface area contributed by atoms with Crippen LogP contribution in [0.15, 0.2) is 64.7 Å². The Morgan fingerprint density at radius 3 is 2.39 bits per heavy atom. The van der Waals surface area contributed by atoms with E-state index in [9.17, 15) is 19.8 Å². The highest BCUT2D eigenvalue weighted by molar-refractivity contribution is 7.98. The van der Waals surface area contributed by atoms with Crippen LogP contribution in [0.4, 0.5) is 4.79 Å². The Morgan fingerprint density at radius 1 is 1.15 bits per heavy atom. The van der Waals surface area contributed by atoms with Crippen molar-refractivity contribution >= 4 is 17.9 Å². The van der Waals surface area contributed by atoms with E-state index in [2.05, 4.69) is 27.4 Å². The van der Waals surface area contributed by atoms with Gasteiger partial charge in [-0.2, -0.15) is 0 Å². The fourth-order valence-electron chi connectivity index (χ4n) is 4.04. The molecule has 0 spiro atoms. The van der Waals surface area contributed by atoms with Gasteiger partial charge in [0, 0.05) is 18.7 Å². The minimum Gasteiger partial charge on any atom is -0.449 e. The number of nitrogens with zero attached hydrogens (tertiary/aromatic N) is 1. The van der Waals surface area contributed by atoms with Gasteiger partial charge in [0.15, 0.2) is 5.16 Å². The average Bonchev–Trinajstić information content (AvgIpc) is 3.16. The zero-order valence-corrected chi connectivity index (χ0v) is 18.8. The zero-order valence-electron chi connectivity index (χ0n) is 18.0. The van der Waals surface area contributed by atoms with Gasteiger partial charge in [-0.3, -0.25) is 4.79 Å². The molecule has 4 rings (SSSR count). The van der Waals surface area contributed by atoms with Gasteiger partial charge in [0.25, 0.3) is 5.56 Å². The molecule has 1 aromatic heterocycles. The first-order valence-electron chi connectivity index (χ1n) is 10.6. The van der Waals surface area contributed by atoms with E-state index < -0.39 is 23.9 Å². The monoisotopic (exact) mass is 467 g/mol. The summed E-state index contributed by atoms with van der Waals surface area (Å²) in [6.07, 6.45) is -0.226. The summed E-state index contributed by atoms with van der Waals surface area (Å²) in [7, 11) is 0. The molecule has 1 aliphatic rings. The van der Waals surface area contributed by atoms with E-state index in [1.807, 2.05) is 36.4 Å². The molecule has 2 atom stereocenters. The van der Waals surface area contributed by atoms with Crippen LogP contribution >= 0.6 is 11.8 Å². The van der Waals surface area contributed by atoms with Crippen LogP contribution in [-0.4, -0.2) is 51.8 Å². The maximum absolute atomic E-state index is 12.2. The second kappa shape index (κ2) is 10.2. The molecule has 2 aromatic carbocycles. The number of carbonyl (C=O) groups excluding carboxylic acids is 1. The van der Waals surface area contributed by atoms with Gasteiger partial charge in [-0.1, -0.05) is 60.3 Å². The number of carbonyl (C=O) groups is 1. The molecule has 3 aromatic rings. The number of thioether (sulfide) groups is 1. The first-order valence-corrected chi connectivity index (χ1v) is 11.8. The predicted molar refractivity (Wildman–Crippen MR) is 125 cm³/mol. The number of hydrogen-bond acceptors (Lipinski definition) is 7. The number of aromatic amines is 1. The van der Waals surface area contributed by atoms with Gasteiger partial charge < -0.3 is 25.3 Å². The number of ether oxygens (including phenoxy) is 1. The number of aliphatic hydroxyl groups excluding tert-OH is 2. The molecular formula is C24H25N3O5S. The maximum Gasteiger partial charge on any atom is 0.407 e. The Kier molecular flexibility index (Phi) is 7.12. The number of fused-ring (bicyclic) bond motifs is 3. The number of hydrogen-bond donors (Lipinski definition) is 4. The lowest BCUT2D eigenvalue weighted by Crippen LogP contribution is -2.32. The average molecular weight is 468 g/mol. The third-order valence-corrected chi connectivity index (χ3v) is 6.33. The minimum atomic E-state index is -1.42. The second-order valence-corrected chi connectivity index (χ2v) is 8.53. The van der Waals surface area contributed by atoms with E-state index in [1.54, 1.807) is 6.26 Å². The van der Waals surface area contributed by atoms with Crippen molar-refractivity contribution in [2.75, 3.05) is 19.4 Å². The third-order valence-electron chi connectivity index (χ3n) is 5.73. The van der Waals surface area contributed by atoms with Crippen molar-refractivity contribution in [3.8, 4) is 11.1 Å². The number of alkyl carbamates (subject to hydrolysis) is 1. The number of H-pyrrole nitrogens is 1.